The van der Waals surface area contributed by atoms with Crippen molar-refractivity contribution in [2.75, 3.05) is 7.05 Å². The molecule has 30 heavy (non-hydrogen) atoms. The summed E-state index contributed by atoms with van der Waals surface area (Å²) in [5.74, 6) is -14.7. The van der Waals surface area contributed by atoms with Crippen LogP contribution in [0.2, 0.25) is 5.02 Å². The van der Waals surface area contributed by atoms with E-state index in [0.717, 1.165) is 11.4 Å². The molecule has 2 aromatic rings. The van der Waals surface area contributed by atoms with Crippen LogP contribution in [-0.2, 0) is 10.2 Å². The fourth-order valence-electron chi connectivity index (χ4n) is 2.28. The van der Waals surface area contributed by atoms with Gasteiger partial charge in [-0.05, 0) is 26.0 Å². The summed E-state index contributed by atoms with van der Waals surface area (Å²) in [5.41, 5.74) is -3.61. The lowest BCUT2D eigenvalue weighted by Gasteiger charge is -2.21. The molecule has 0 fully saturated rings. The number of amides is 1. The maximum atomic E-state index is 14.3. The Balaban J connectivity index is 2.65. The molecule has 0 aromatic heterocycles. The molecule has 0 saturated carbocycles. The number of nitrogens with zero attached hydrogens (tertiary/aromatic N) is 1. The minimum Gasteiger partial charge on any atom is -0.268 e. The number of carbonyl (C=O) groups excluding carboxylic acids is 1. The van der Waals surface area contributed by atoms with Crippen LogP contribution in [0.4, 0.5) is 26.3 Å². The first-order valence-corrected chi connectivity index (χ1v) is 9.83. The molecule has 5 nitrogen and oxygen atoms in total. The molecule has 0 spiro atoms. The fraction of sp³-hybridized carbons (Fsp3) is 0.235. The van der Waals surface area contributed by atoms with Gasteiger partial charge in [-0.25, -0.2) is 31.1 Å². The Hall–Kier alpha value is -2.31. The van der Waals surface area contributed by atoms with E-state index >= 15 is 0 Å². The molecule has 0 atom stereocenters. The van der Waals surface area contributed by atoms with Crippen LogP contribution in [0.1, 0.15) is 24.2 Å². The topological polar surface area (TPSA) is 66.5 Å². The van der Waals surface area contributed by atoms with Gasteiger partial charge in [-0.3, -0.25) is 4.79 Å². The number of benzene rings is 2. The van der Waals surface area contributed by atoms with Crippen LogP contribution >= 0.6 is 11.6 Å². The average molecular weight is 475 g/mol. The van der Waals surface area contributed by atoms with Gasteiger partial charge in [0.15, 0.2) is 23.3 Å². The van der Waals surface area contributed by atoms with Gasteiger partial charge in [0.1, 0.15) is 5.82 Å². The van der Waals surface area contributed by atoms with Gasteiger partial charge >= 0.3 is 10.2 Å². The van der Waals surface area contributed by atoms with Gasteiger partial charge in [-0.2, -0.15) is 12.7 Å². The molecule has 0 radical (unpaired) electrons. The lowest BCUT2D eigenvalue weighted by atomic mass is 10.00. The first-order valence-electron chi connectivity index (χ1n) is 8.01. The second-order valence-electron chi connectivity index (χ2n) is 6.30. The summed E-state index contributed by atoms with van der Waals surface area (Å²) in [6.45, 7) is 2.99. The Morgan fingerprint density at radius 3 is 1.90 bits per heavy atom. The maximum Gasteiger partial charge on any atom is 0.304 e. The predicted octanol–water partition coefficient (Wildman–Crippen LogP) is 4.16. The highest BCUT2D eigenvalue weighted by Crippen LogP contribution is 2.35. The van der Waals surface area contributed by atoms with Crippen molar-refractivity contribution in [1.29, 1.82) is 0 Å². The molecule has 0 aliphatic heterocycles. The zero-order valence-electron chi connectivity index (χ0n) is 15.5. The first kappa shape index (κ1) is 24.0. The zero-order valence-corrected chi connectivity index (χ0v) is 17.0. The molecule has 0 unspecified atom stereocenters. The molecule has 2 aromatic carbocycles. The van der Waals surface area contributed by atoms with Crippen molar-refractivity contribution in [2.24, 2.45) is 0 Å². The quantitative estimate of drug-likeness (QED) is 0.402. The van der Waals surface area contributed by atoms with Gasteiger partial charge in [0.05, 0.1) is 16.1 Å². The monoisotopic (exact) mass is 474 g/mol. The highest BCUT2D eigenvalue weighted by atomic mass is 35.5. The third-order valence-electron chi connectivity index (χ3n) is 4.11. The number of halogens is 7. The summed E-state index contributed by atoms with van der Waals surface area (Å²) in [6.07, 6.45) is 0. The van der Waals surface area contributed by atoms with Gasteiger partial charge in [0.2, 0.25) is 5.82 Å². The van der Waals surface area contributed by atoms with E-state index in [4.69, 9.17) is 11.6 Å². The second kappa shape index (κ2) is 8.44. The number of hydrogen-bond donors (Lipinski definition) is 1. The molecule has 1 amide bonds. The SMILES string of the molecule is CC(C)N(C)S(=O)(=O)NC(=O)c1cc(-c2c(F)c(F)c(F)c(F)c2F)c(F)cc1Cl. The van der Waals surface area contributed by atoms with Gasteiger partial charge in [0.25, 0.3) is 5.91 Å². The number of rotatable bonds is 5. The van der Waals surface area contributed by atoms with E-state index in [1.54, 1.807) is 4.72 Å². The van der Waals surface area contributed by atoms with E-state index in [1.165, 1.54) is 13.8 Å². The van der Waals surface area contributed by atoms with Crippen LogP contribution in [0.25, 0.3) is 11.1 Å². The van der Waals surface area contributed by atoms with Crippen molar-refractivity contribution in [2.45, 2.75) is 19.9 Å². The number of nitrogens with one attached hydrogen (secondary N) is 1. The van der Waals surface area contributed by atoms with Crippen LogP contribution in [0.3, 0.4) is 0 Å². The third kappa shape index (κ3) is 4.25. The highest BCUT2D eigenvalue weighted by molar-refractivity contribution is 7.87. The van der Waals surface area contributed by atoms with Crippen molar-refractivity contribution >= 4 is 27.7 Å². The van der Waals surface area contributed by atoms with Crippen LogP contribution in [0.15, 0.2) is 12.1 Å². The van der Waals surface area contributed by atoms with Crippen molar-refractivity contribution in [1.82, 2.24) is 9.03 Å². The standard InChI is InChI=1S/C17H13ClF6N2O3S/c1-6(2)26(3)30(28,29)25-17(27)7-4-8(10(19)5-9(7)18)11-12(20)14(22)16(24)15(23)13(11)21/h4-6H,1-3H3,(H,25,27). The molecular formula is C17H13ClF6N2O3S. The lowest BCUT2D eigenvalue weighted by Crippen LogP contribution is -2.44. The van der Waals surface area contributed by atoms with Crippen LogP contribution in [-0.4, -0.2) is 31.7 Å². The van der Waals surface area contributed by atoms with E-state index in [9.17, 15) is 39.6 Å². The van der Waals surface area contributed by atoms with Crippen molar-refractivity contribution in [3.05, 3.63) is 57.6 Å². The highest BCUT2D eigenvalue weighted by Gasteiger charge is 2.30. The summed E-state index contributed by atoms with van der Waals surface area (Å²) < 4.78 is 109. The number of hydrogen-bond acceptors (Lipinski definition) is 3. The van der Waals surface area contributed by atoms with Crippen LogP contribution in [0, 0.1) is 34.9 Å². The van der Waals surface area contributed by atoms with Crippen LogP contribution in [0.5, 0.6) is 0 Å². The largest absolute Gasteiger partial charge is 0.304 e. The molecule has 0 bridgehead atoms. The van der Waals surface area contributed by atoms with Gasteiger partial charge < -0.3 is 0 Å². The number of carbonyl (C=O) groups is 1. The average Bonchev–Trinajstić information content (AvgIpc) is 2.65. The summed E-state index contributed by atoms with van der Waals surface area (Å²) in [5, 5.41) is -0.667. The van der Waals surface area contributed by atoms with E-state index in [1.807, 2.05) is 0 Å². The summed E-state index contributed by atoms with van der Waals surface area (Å²) in [6, 6.07) is 0.196. The lowest BCUT2D eigenvalue weighted by molar-refractivity contribution is 0.0979. The molecule has 1 N–H and O–H groups in total. The Morgan fingerprint density at radius 1 is 0.967 bits per heavy atom. The van der Waals surface area contributed by atoms with E-state index in [-0.39, 0.29) is 0 Å². The zero-order chi connectivity index (χ0) is 23.1. The molecule has 0 aliphatic carbocycles. The summed E-state index contributed by atoms with van der Waals surface area (Å²) in [7, 11) is -3.24. The fourth-order valence-corrected chi connectivity index (χ4v) is 3.56. The molecule has 164 valence electrons. The Bertz CT molecular complexity index is 1110. The second-order valence-corrected chi connectivity index (χ2v) is 8.44. The first-order chi connectivity index (χ1) is 13.7. The molecular weight excluding hydrogens is 462 g/mol. The molecule has 0 heterocycles. The van der Waals surface area contributed by atoms with E-state index in [0.29, 0.717) is 12.1 Å². The van der Waals surface area contributed by atoms with Gasteiger partial charge in [0, 0.05) is 18.7 Å². The van der Waals surface area contributed by atoms with Gasteiger partial charge in [-0.15, -0.1) is 0 Å². The van der Waals surface area contributed by atoms with E-state index < -0.39 is 78.8 Å². The molecule has 2 rings (SSSR count). The van der Waals surface area contributed by atoms with Crippen LogP contribution < -0.4 is 4.72 Å². The Kier molecular flexibility index (Phi) is 6.74. The van der Waals surface area contributed by atoms with Crippen molar-refractivity contribution in [3.8, 4) is 11.1 Å². The molecule has 13 heteroatoms. The Morgan fingerprint density at radius 2 is 1.43 bits per heavy atom. The summed E-state index contributed by atoms with van der Waals surface area (Å²) in [4.78, 5) is 12.3. The minimum atomic E-state index is -4.38. The van der Waals surface area contributed by atoms with E-state index in [2.05, 4.69) is 0 Å². The predicted molar refractivity (Wildman–Crippen MR) is 95.9 cm³/mol. The minimum absolute atomic E-state index is 0.378. The molecule has 0 saturated heterocycles. The Labute approximate surface area is 172 Å². The summed E-state index contributed by atoms with van der Waals surface area (Å²) >= 11 is 5.72. The third-order valence-corrected chi connectivity index (χ3v) is 6.04. The van der Waals surface area contributed by atoms with Gasteiger partial charge in [-0.1, -0.05) is 11.6 Å². The normalized spacial score (nSPS) is 12.0. The smallest absolute Gasteiger partial charge is 0.268 e. The molecule has 0 aliphatic rings. The van der Waals surface area contributed by atoms with Crippen molar-refractivity contribution < 1.29 is 39.6 Å². The van der Waals surface area contributed by atoms with Crippen molar-refractivity contribution in [3.63, 3.8) is 0 Å². The maximum absolute atomic E-state index is 14.3.